The third-order valence-electron chi connectivity index (χ3n) is 4.92. The minimum Gasteiger partial charge on any atom is -0.381 e. The first-order chi connectivity index (χ1) is 14.2. The van der Waals surface area contributed by atoms with E-state index in [1.54, 1.807) is 10.9 Å². The molecule has 3 aromatic rings. The molecule has 7 heteroatoms. The summed E-state index contributed by atoms with van der Waals surface area (Å²) in [5, 5.41) is 4.62. The largest absolute Gasteiger partial charge is 0.381 e. The number of para-hydroxylation sites is 1. The Morgan fingerprint density at radius 2 is 1.59 bits per heavy atom. The molecule has 29 heavy (non-hydrogen) atoms. The van der Waals surface area contributed by atoms with Crippen molar-refractivity contribution in [1.29, 1.82) is 0 Å². The van der Waals surface area contributed by atoms with Crippen molar-refractivity contribution >= 4 is 11.8 Å². The van der Waals surface area contributed by atoms with Gasteiger partial charge in [0.05, 0.1) is 11.3 Å². The van der Waals surface area contributed by atoms with Crippen LogP contribution in [0.2, 0.25) is 0 Å². The molecule has 2 amide bonds. The maximum Gasteiger partial charge on any atom is 0.273 e. The summed E-state index contributed by atoms with van der Waals surface area (Å²) in [5.74, 6) is -0.755. The van der Waals surface area contributed by atoms with Crippen molar-refractivity contribution in [2.75, 3.05) is 13.2 Å². The van der Waals surface area contributed by atoms with E-state index in [2.05, 4.69) is 16.0 Å². The number of nitrogens with zero attached hydrogens (tertiary/aromatic N) is 2. The summed E-state index contributed by atoms with van der Waals surface area (Å²) in [4.78, 5) is 25.2. The summed E-state index contributed by atoms with van der Waals surface area (Å²) in [7, 11) is 0. The first-order valence-electron chi connectivity index (χ1n) is 9.61. The van der Waals surface area contributed by atoms with Gasteiger partial charge in [0.25, 0.3) is 5.91 Å². The van der Waals surface area contributed by atoms with Crippen molar-refractivity contribution < 1.29 is 14.3 Å². The highest BCUT2D eigenvalue weighted by Gasteiger charge is 2.23. The van der Waals surface area contributed by atoms with Crippen LogP contribution in [0.15, 0.2) is 66.9 Å². The van der Waals surface area contributed by atoms with Gasteiger partial charge < -0.3 is 4.74 Å². The van der Waals surface area contributed by atoms with Crippen LogP contribution in [-0.4, -0.2) is 34.8 Å². The fraction of sp³-hybridized carbons (Fsp3) is 0.227. The van der Waals surface area contributed by atoms with Crippen LogP contribution in [0.25, 0.3) is 16.9 Å². The van der Waals surface area contributed by atoms with Crippen LogP contribution in [0.1, 0.15) is 23.2 Å². The molecule has 1 fully saturated rings. The van der Waals surface area contributed by atoms with Crippen LogP contribution in [0.4, 0.5) is 0 Å². The van der Waals surface area contributed by atoms with E-state index >= 15 is 0 Å². The molecule has 1 saturated heterocycles. The zero-order valence-corrected chi connectivity index (χ0v) is 15.9. The number of hydrogen-bond donors (Lipinski definition) is 2. The second-order valence-electron chi connectivity index (χ2n) is 6.87. The van der Waals surface area contributed by atoms with E-state index in [1.807, 2.05) is 60.7 Å². The fourth-order valence-corrected chi connectivity index (χ4v) is 3.31. The average Bonchev–Trinajstić information content (AvgIpc) is 3.25. The molecular formula is C22H22N4O3. The molecule has 0 spiro atoms. The Labute approximate surface area is 168 Å². The SMILES string of the molecule is O=C(NNC(=O)C1CCOCC1)c1cn(-c2ccccc2)nc1-c1ccccc1. The molecule has 1 aromatic heterocycles. The molecule has 2 aromatic carbocycles. The first kappa shape index (κ1) is 18.9. The Morgan fingerprint density at radius 1 is 0.931 bits per heavy atom. The van der Waals surface area contributed by atoms with Crippen LogP contribution < -0.4 is 10.9 Å². The molecule has 2 N–H and O–H groups in total. The molecule has 0 radical (unpaired) electrons. The minimum absolute atomic E-state index is 0.148. The van der Waals surface area contributed by atoms with E-state index in [0.717, 1.165) is 11.3 Å². The average molecular weight is 390 g/mol. The van der Waals surface area contributed by atoms with Crippen LogP contribution in [0, 0.1) is 5.92 Å². The molecule has 4 rings (SSSR count). The normalized spacial score (nSPS) is 14.3. The fourth-order valence-electron chi connectivity index (χ4n) is 3.31. The van der Waals surface area contributed by atoms with Crippen LogP contribution in [-0.2, 0) is 9.53 Å². The van der Waals surface area contributed by atoms with Gasteiger partial charge in [0, 0.05) is 30.9 Å². The Bertz CT molecular complexity index is 980. The van der Waals surface area contributed by atoms with Gasteiger partial charge in [-0.3, -0.25) is 20.4 Å². The number of ether oxygens (including phenoxy) is 1. The second kappa shape index (κ2) is 8.70. The number of nitrogens with one attached hydrogen (secondary N) is 2. The van der Waals surface area contributed by atoms with Gasteiger partial charge in [0.15, 0.2) is 0 Å². The summed E-state index contributed by atoms with van der Waals surface area (Å²) in [6, 6.07) is 19.1. The van der Waals surface area contributed by atoms with E-state index in [0.29, 0.717) is 37.3 Å². The molecule has 0 atom stereocenters. The lowest BCUT2D eigenvalue weighted by Gasteiger charge is -2.21. The lowest BCUT2D eigenvalue weighted by Crippen LogP contribution is -2.45. The zero-order valence-electron chi connectivity index (χ0n) is 15.9. The van der Waals surface area contributed by atoms with Crippen LogP contribution in [0.3, 0.4) is 0 Å². The lowest BCUT2D eigenvalue weighted by molar-refractivity contribution is -0.128. The molecule has 2 heterocycles. The number of amides is 2. The molecule has 0 unspecified atom stereocenters. The number of carbonyl (C=O) groups is 2. The van der Waals surface area contributed by atoms with Crippen molar-refractivity contribution in [1.82, 2.24) is 20.6 Å². The summed E-state index contributed by atoms with van der Waals surface area (Å²) in [6.07, 6.45) is 2.99. The maximum atomic E-state index is 12.9. The molecule has 0 aliphatic carbocycles. The van der Waals surface area contributed by atoms with E-state index in [-0.39, 0.29) is 11.8 Å². The molecule has 1 aliphatic heterocycles. The van der Waals surface area contributed by atoms with Gasteiger partial charge >= 0.3 is 0 Å². The summed E-state index contributed by atoms with van der Waals surface area (Å²) >= 11 is 0. The predicted octanol–water partition coefficient (Wildman–Crippen LogP) is 2.73. The monoisotopic (exact) mass is 390 g/mol. The molecule has 0 saturated carbocycles. The minimum atomic E-state index is -0.411. The van der Waals surface area contributed by atoms with E-state index < -0.39 is 5.91 Å². The van der Waals surface area contributed by atoms with Gasteiger partial charge in [0.1, 0.15) is 5.69 Å². The maximum absolute atomic E-state index is 12.9. The van der Waals surface area contributed by atoms with Crippen molar-refractivity contribution in [2.45, 2.75) is 12.8 Å². The number of hydrazine groups is 1. The number of hydrogen-bond acceptors (Lipinski definition) is 4. The summed E-state index contributed by atoms with van der Waals surface area (Å²) in [6.45, 7) is 1.13. The third kappa shape index (κ3) is 4.35. The standard InChI is InChI=1S/C22H22N4O3/c27-21(17-11-13-29-14-12-17)23-24-22(28)19-15-26(18-9-5-2-6-10-18)25-20(19)16-7-3-1-4-8-16/h1-10,15,17H,11-14H2,(H,23,27)(H,24,28). The quantitative estimate of drug-likeness (QED) is 0.671. The van der Waals surface area contributed by atoms with Gasteiger partial charge in [-0.25, -0.2) is 4.68 Å². The molecular weight excluding hydrogens is 368 g/mol. The Balaban J connectivity index is 1.57. The number of benzene rings is 2. The Hall–Kier alpha value is -3.45. The molecule has 0 bridgehead atoms. The van der Waals surface area contributed by atoms with Crippen LogP contribution >= 0.6 is 0 Å². The summed E-state index contributed by atoms with van der Waals surface area (Å²) in [5.41, 5.74) is 7.68. The zero-order chi connectivity index (χ0) is 20.1. The Kier molecular flexibility index (Phi) is 5.67. The smallest absolute Gasteiger partial charge is 0.273 e. The van der Waals surface area contributed by atoms with Gasteiger partial charge in [-0.15, -0.1) is 0 Å². The van der Waals surface area contributed by atoms with Crippen molar-refractivity contribution in [3.8, 4) is 16.9 Å². The highest BCUT2D eigenvalue weighted by molar-refractivity contribution is 6.00. The van der Waals surface area contributed by atoms with Crippen molar-refractivity contribution in [2.24, 2.45) is 5.92 Å². The Morgan fingerprint density at radius 3 is 2.28 bits per heavy atom. The van der Waals surface area contributed by atoms with Gasteiger partial charge in [-0.2, -0.15) is 5.10 Å². The number of rotatable bonds is 4. The lowest BCUT2D eigenvalue weighted by atomic mass is 10.00. The van der Waals surface area contributed by atoms with Gasteiger partial charge in [-0.1, -0.05) is 48.5 Å². The van der Waals surface area contributed by atoms with Crippen molar-refractivity contribution in [3.63, 3.8) is 0 Å². The van der Waals surface area contributed by atoms with Gasteiger partial charge in [-0.05, 0) is 25.0 Å². The first-order valence-corrected chi connectivity index (χ1v) is 9.61. The van der Waals surface area contributed by atoms with E-state index in [4.69, 9.17) is 4.74 Å². The topological polar surface area (TPSA) is 85.3 Å². The van der Waals surface area contributed by atoms with Crippen molar-refractivity contribution in [3.05, 3.63) is 72.4 Å². The number of aromatic nitrogens is 2. The summed E-state index contributed by atoms with van der Waals surface area (Å²) < 4.78 is 6.94. The molecule has 7 nitrogen and oxygen atoms in total. The van der Waals surface area contributed by atoms with E-state index in [1.165, 1.54) is 0 Å². The molecule has 148 valence electrons. The molecule has 1 aliphatic rings. The highest BCUT2D eigenvalue weighted by atomic mass is 16.5. The second-order valence-corrected chi connectivity index (χ2v) is 6.87. The van der Waals surface area contributed by atoms with E-state index in [9.17, 15) is 9.59 Å². The third-order valence-corrected chi connectivity index (χ3v) is 4.92. The predicted molar refractivity (Wildman–Crippen MR) is 108 cm³/mol. The van der Waals surface area contributed by atoms with Crippen LogP contribution in [0.5, 0.6) is 0 Å². The van der Waals surface area contributed by atoms with Gasteiger partial charge in [0.2, 0.25) is 5.91 Å². The number of carbonyl (C=O) groups excluding carboxylic acids is 2. The highest BCUT2D eigenvalue weighted by Crippen LogP contribution is 2.23.